The summed E-state index contributed by atoms with van der Waals surface area (Å²) in [7, 11) is -3.00. The second kappa shape index (κ2) is 11.2. The first-order valence-electron chi connectivity index (χ1n) is 13.0. The van der Waals surface area contributed by atoms with E-state index in [-0.39, 0.29) is 58.7 Å². The van der Waals surface area contributed by atoms with Crippen molar-refractivity contribution >= 4 is 32.8 Å². The summed E-state index contributed by atoms with van der Waals surface area (Å²) in [4.78, 5) is 41.5. The summed E-state index contributed by atoms with van der Waals surface area (Å²) in [5, 5.41) is -0.0380. The normalized spacial score (nSPS) is 15.6. The van der Waals surface area contributed by atoms with Gasteiger partial charge in [0.1, 0.15) is 28.0 Å². The molecule has 15 heteroatoms. The van der Waals surface area contributed by atoms with Crippen LogP contribution in [-0.2, 0) is 14.8 Å². The molecule has 0 radical (unpaired) electrons. The Balaban J connectivity index is 1.87. The van der Waals surface area contributed by atoms with Gasteiger partial charge in [-0.1, -0.05) is 12.6 Å². The first-order valence-corrected chi connectivity index (χ1v) is 14.5. The highest BCUT2D eigenvalue weighted by Crippen LogP contribution is 2.34. The van der Waals surface area contributed by atoms with Gasteiger partial charge in [0.2, 0.25) is 15.9 Å². The molecule has 0 spiro atoms. The van der Waals surface area contributed by atoms with E-state index in [4.69, 9.17) is 0 Å². The molecule has 1 aliphatic rings. The van der Waals surface area contributed by atoms with Crippen LogP contribution in [0.5, 0.6) is 0 Å². The summed E-state index contributed by atoms with van der Waals surface area (Å²) in [5.41, 5.74) is -2.95. The lowest BCUT2D eigenvalue weighted by atomic mass is 10.1. The Hall–Kier alpha value is -4.63. The fraction of sp³-hybridized carbons (Fsp3) is 0.250. The number of carbonyl (C=O) groups excluding carboxylic acids is 1. The van der Waals surface area contributed by atoms with E-state index in [9.17, 15) is 26.8 Å². The van der Waals surface area contributed by atoms with E-state index in [0.717, 1.165) is 28.8 Å². The molecule has 1 fully saturated rings. The van der Waals surface area contributed by atoms with Gasteiger partial charge in [0.05, 0.1) is 22.3 Å². The van der Waals surface area contributed by atoms with E-state index in [1.54, 1.807) is 16.7 Å². The molecule has 1 saturated heterocycles. The topological polar surface area (TPSA) is 130 Å². The van der Waals surface area contributed by atoms with Gasteiger partial charge in [-0.3, -0.25) is 9.78 Å². The van der Waals surface area contributed by atoms with Crippen molar-refractivity contribution in [2.24, 2.45) is 0 Å². The molecule has 0 aliphatic carbocycles. The summed E-state index contributed by atoms with van der Waals surface area (Å²) in [6.07, 6.45) is 2.42. The van der Waals surface area contributed by atoms with Crippen molar-refractivity contribution in [3.63, 3.8) is 0 Å². The van der Waals surface area contributed by atoms with Gasteiger partial charge in [-0.25, -0.2) is 40.7 Å². The van der Waals surface area contributed by atoms with E-state index in [1.165, 1.54) is 32.3 Å². The Morgan fingerprint density at radius 2 is 1.81 bits per heavy atom. The molecule has 0 bridgehead atoms. The van der Waals surface area contributed by atoms with Crippen LogP contribution in [0.3, 0.4) is 0 Å². The quantitative estimate of drug-likeness (QED) is 0.329. The molecule has 43 heavy (non-hydrogen) atoms. The maximum atomic E-state index is 15.7. The van der Waals surface area contributed by atoms with Crippen LogP contribution in [0, 0.1) is 24.4 Å². The van der Waals surface area contributed by atoms with E-state index < -0.39 is 50.5 Å². The van der Waals surface area contributed by atoms with E-state index >= 15 is 4.39 Å². The fourth-order valence-corrected chi connectivity index (χ4v) is 6.11. The predicted octanol–water partition coefficient (Wildman–Crippen LogP) is 2.70. The lowest BCUT2D eigenvalue weighted by Crippen LogP contribution is -2.54. The monoisotopic (exact) mass is 613 g/mol. The van der Waals surface area contributed by atoms with Gasteiger partial charge < -0.3 is 9.80 Å². The van der Waals surface area contributed by atoms with Gasteiger partial charge in [0.25, 0.3) is 0 Å². The van der Waals surface area contributed by atoms with Gasteiger partial charge in [0, 0.05) is 31.9 Å². The third-order valence-corrected chi connectivity index (χ3v) is 8.68. The van der Waals surface area contributed by atoms with Crippen molar-refractivity contribution in [1.29, 1.82) is 0 Å². The largest absolute Gasteiger partial charge is 0.355 e. The smallest absolute Gasteiger partial charge is 0.350 e. The molecule has 3 aromatic heterocycles. The van der Waals surface area contributed by atoms with E-state index in [0.29, 0.717) is 0 Å². The summed E-state index contributed by atoms with van der Waals surface area (Å²) in [6, 6.07) is 4.69. The minimum atomic E-state index is -4.18. The van der Waals surface area contributed by atoms with Crippen LogP contribution >= 0.6 is 0 Å². The number of nitrogens with one attached hydrogen (secondary N) is 1. The Kier molecular flexibility index (Phi) is 7.79. The molecular weight excluding hydrogens is 587 g/mol. The van der Waals surface area contributed by atoms with Crippen LogP contribution in [0.1, 0.15) is 12.6 Å². The number of hydrogen-bond donors (Lipinski definition) is 1. The molecule has 4 heterocycles. The number of aromatic nitrogens is 4. The summed E-state index contributed by atoms with van der Waals surface area (Å²) in [5.74, 6) is -3.58. The third-order valence-electron chi connectivity index (χ3n) is 7.24. The van der Waals surface area contributed by atoms with Crippen LogP contribution in [0.4, 0.5) is 19.0 Å². The molecular formula is C28H26F3N7O4S. The average Bonchev–Trinajstić information content (AvgIpc) is 2.97. The number of fused-ring (bicyclic) bond motifs is 1. The van der Waals surface area contributed by atoms with Crippen LogP contribution < -0.4 is 15.3 Å². The molecule has 1 aromatic carbocycles. The first kappa shape index (κ1) is 29.8. The minimum absolute atomic E-state index is 0.000902. The summed E-state index contributed by atoms with van der Waals surface area (Å²) >= 11 is 0. The number of nitrogens with zero attached hydrogens (tertiary/aromatic N) is 6. The van der Waals surface area contributed by atoms with Gasteiger partial charge in [-0.05, 0) is 51.2 Å². The summed E-state index contributed by atoms with van der Waals surface area (Å²) in [6.45, 7) is 7.40. The zero-order valence-electron chi connectivity index (χ0n) is 23.3. The molecule has 0 unspecified atom stereocenters. The Morgan fingerprint density at radius 1 is 1.12 bits per heavy atom. The fourth-order valence-electron chi connectivity index (χ4n) is 5.16. The van der Waals surface area contributed by atoms with Crippen LogP contribution in [0.25, 0.3) is 28.0 Å². The zero-order chi connectivity index (χ0) is 31.2. The predicted molar refractivity (Wildman–Crippen MR) is 153 cm³/mol. The van der Waals surface area contributed by atoms with Crippen molar-refractivity contribution in [2.75, 3.05) is 31.6 Å². The summed E-state index contributed by atoms with van der Waals surface area (Å²) < 4.78 is 74.4. The number of amides is 1. The molecule has 1 N–H and O–H groups in total. The third kappa shape index (κ3) is 5.14. The standard InChI is InChI=1S/C28H26F3N7O4S/c1-5-22(39)36-11-12-37(15(2)14-36)26-17-13-20(31)24(23-18(29)7-6-8-19(23)30)34-27(17)38(28(40)35-26)25-16(3)33-10-9-21(25)43(41,42)32-4/h5-10,13,15,32H,1,11-12,14H2,2-4H3/t15-/m0/s1. The second-order valence-electron chi connectivity index (χ2n) is 9.82. The number of anilines is 1. The van der Waals surface area contributed by atoms with Gasteiger partial charge >= 0.3 is 5.69 Å². The highest BCUT2D eigenvalue weighted by molar-refractivity contribution is 7.89. The molecule has 4 aromatic rings. The number of rotatable bonds is 6. The molecule has 224 valence electrons. The first-order chi connectivity index (χ1) is 20.4. The van der Waals surface area contributed by atoms with Crippen LogP contribution in [0.2, 0.25) is 0 Å². The number of benzene rings is 1. The van der Waals surface area contributed by atoms with Crippen molar-refractivity contribution in [2.45, 2.75) is 24.8 Å². The SMILES string of the molecule is C=CC(=O)N1CCN(c2nc(=O)n(-c3c(S(=O)(=O)NC)ccnc3C)c3nc(-c4c(F)cccc4F)c(F)cc23)[C@@H](C)C1. The second-order valence-corrected chi connectivity index (χ2v) is 11.7. The molecule has 11 nitrogen and oxygen atoms in total. The van der Waals surface area contributed by atoms with Crippen molar-refractivity contribution in [1.82, 2.24) is 29.1 Å². The molecule has 5 rings (SSSR count). The van der Waals surface area contributed by atoms with Crippen molar-refractivity contribution in [3.8, 4) is 16.9 Å². The number of hydrogen-bond acceptors (Lipinski definition) is 8. The maximum absolute atomic E-state index is 15.7. The zero-order valence-corrected chi connectivity index (χ0v) is 24.1. The molecule has 1 aliphatic heterocycles. The van der Waals surface area contributed by atoms with Crippen molar-refractivity contribution in [3.05, 3.63) is 82.8 Å². The van der Waals surface area contributed by atoms with Crippen LogP contribution in [0.15, 0.2) is 58.9 Å². The molecule has 0 saturated carbocycles. The van der Waals surface area contributed by atoms with Gasteiger partial charge in [-0.15, -0.1) is 0 Å². The number of halogens is 3. The van der Waals surface area contributed by atoms with Crippen molar-refractivity contribution < 1.29 is 26.4 Å². The average molecular weight is 614 g/mol. The minimum Gasteiger partial charge on any atom is -0.350 e. The number of aryl methyl sites for hydroxylation is 1. The highest BCUT2D eigenvalue weighted by atomic mass is 32.2. The Bertz CT molecular complexity index is 1950. The molecule has 1 amide bonds. The number of sulfonamides is 1. The number of carbonyl (C=O) groups is 1. The molecule has 1 atom stereocenters. The van der Waals surface area contributed by atoms with Gasteiger partial charge in [0.15, 0.2) is 11.5 Å². The Morgan fingerprint density at radius 3 is 2.44 bits per heavy atom. The van der Waals surface area contributed by atoms with E-state index in [2.05, 4.69) is 26.3 Å². The lowest BCUT2D eigenvalue weighted by molar-refractivity contribution is -0.126. The lowest BCUT2D eigenvalue weighted by Gasteiger charge is -2.40. The highest BCUT2D eigenvalue weighted by Gasteiger charge is 2.32. The maximum Gasteiger partial charge on any atom is 0.355 e. The van der Waals surface area contributed by atoms with Gasteiger partial charge in [-0.2, -0.15) is 4.98 Å². The van der Waals surface area contributed by atoms with Crippen LogP contribution in [-0.4, -0.2) is 71.5 Å². The van der Waals surface area contributed by atoms with E-state index in [1.807, 2.05) is 0 Å². The number of pyridine rings is 2. The Labute approximate surface area is 244 Å². The number of piperazine rings is 1.